The zero-order chi connectivity index (χ0) is 14.9. The standard InChI is InChI=1S/C18H22N2O/c1-15(21)20-18-12-10-17(11-13-18)19-14-6-5-9-16-7-3-2-4-8-16/h2-4,7-8,10-13,19H,5-6,9,14H2,1H3,(H,20,21). The molecule has 0 heterocycles. The van der Waals surface area contributed by atoms with Crippen LogP contribution in [0.15, 0.2) is 54.6 Å². The molecule has 3 heteroatoms. The Morgan fingerprint density at radius 3 is 2.24 bits per heavy atom. The number of rotatable bonds is 7. The number of anilines is 2. The highest BCUT2D eigenvalue weighted by molar-refractivity contribution is 5.88. The van der Waals surface area contributed by atoms with Gasteiger partial charge in [0, 0.05) is 24.8 Å². The summed E-state index contributed by atoms with van der Waals surface area (Å²) < 4.78 is 0. The largest absolute Gasteiger partial charge is 0.385 e. The van der Waals surface area contributed by atoms with Crippen molar-refractivity contribution in [3.8, 4) is 0 Å². The van der Waals surface area contributed by atoms with Gasteiger partial charge in [-0.3, -0.25) is 4.79 Å². The summed E-state index contributed by atoms with van der Waals surface area (Å²) >= 11 is 0. The van der Waals surface area contributed by atoms with Gasteiger partial charge in [0.1, 0.15) is 0 Å². The number of amides is 1. The second-order valence-electron chi connectivity index (χ2n) is 5.13. The lowest BCUT2D eigenvalue weighted by atomic mass is 10.1. The van der Waals surface area contributed by atoms with Crippen LogP contribution in [0.1, 0.15) is 25.3 Å². The van der Waals surface area contributed by atoms with Crippen molar-refractivity contribution in [2.24, 2.45) is 0 Å². The van der Waals surface area contributed by atoms with Crippen molar-refractivity contribution in [3.63, 3.8) is 0 Å². The Morgan fingerprint density at radius 1 is 0.905 bits per heavy atom. The molecule has 2 aromatic carbocycles. The molecule has 0 unspecified atom stereocenters. The van der Waals surface area contributed by atoms with Gasteiger partial charge in [-0.25, -0.2) is 0 Å². The average Bonchev–Trinajstić information content (AvgIpc) is 2.49. The molecule has 0 aliphatic heterocycles. The van der Waals surface area contributed by atoms with Crippen molar-refractivity contribution in [3.05, 3.63) is 60.2 Å². The van der Waals surface area contributed by atoms with E-state index < -0.39 is 0 Å². The molecule has 0 fully saturated rings. The predicted molar refractivity (Wildman–Crippen MR) is 88.6 cm³/mol. The Balaban J connectivity index is 1.65. The zero-order valence-corrected chi connectivity index (χ0v) is 12.4. The molecule has 2 rings (SSSR count). The summed E-state index contributed by atoms with van der Waals surface area (Å²) in [6, 6.07) is 18.4. The summed E-state index contributed by atoms with van der Waals surface area (Å²) in [5, 5.41) is 6.16. The molecule has 0 spiro atoms. The van der Waals surface area contributed by atoms with Crippen LogP contribution in [0, 0.1) is 0 Å². The average molecular weight is 282 g/mol. The summed E-state index contributed by atoms with van der Waals surface area (Å²) in [4.78, 5) is 10.9. The van der Waals surface area contributed by atoms with Crippen LogP contribution in [-0.4, -0.2) is 12.5 Å². The third-order valence-corrected chi connectivity index (χ3v) is 3.27. The van der Waals surface area contributed by atoms with E-state index in [9.17, 15) is 4.79 Å². The summed E-state index contributed by atoms with van der Waals surface area (Å²) in [7, 11) is 0. The fraction of sp³-hybridized carbons (Fsp3) is 0.278. The molecule has 0 saturated heterocycles. The lowest BCUT2D eigenvalue weighted by molar-refractivity contribution is -0.114. The van der Waals surface area contributed by atoms with Crippen LogP contribution in [0.2, 0.25) is 0 Å². The first kappa shape index (κ1) is 15.1. The van der Waals surface area contributed by atoms with Gasteiger partial charge in [0.15, 0.2) is 0 Å². The van der Waals surface area contributed by atoms with Crippen molar-refractivity contribution in [2.75, 3.05) is 17.2 Å². The van der Waals surface area contributed by atoms with Crippen LogP contribution in [0.25, 0.3) is 0 Å². The first-order valence-corrected chi connectivity index (χ1v) is 7.39. The first-order valence-electron chi connectivity index (χ1n) is 7.39. The zero-order valence-electron chi connectivity index (χ0n) is 12.4. The van der Waals surface area contributed by atoms with Crippen molar-refractivity contribution in [1.29, 1.82) is 0 Å². The van der Waals surface area contributed by atoms with Crippen molar-refractivity contribution in [1.82, 2.24) is 0 Å². The quantitative estimate of drug-likeness (QED) is 0.751. The smallest absolute Gasteiger partial charge is 0.221 e. The first-order chi connectivity index (χ1) is 10.2. The van der Waals surface area contributed by atoms with E-state index in [0.717, 1.165) is 30.8 Å². The van der Waals surface area contributed by atoms with Crippen molar-refractivity contribution < 1.29 is 4.79 Å². The molecule has 2 N–H and O–H groups in total. The highest BCUT2D eigenvalue weighted by Gasteiger charge is 1.96. The molecule has 0 aromatic heterocycles. The molecule has 0 bridgehead atoms. The number of nitrogens with one attached hydrogen (secondary N) is 2. The van der Waals surface area contributed by atoms with Crippen molar-refractivity contribution in [2.45, 2.75) is 26.2 Å². The van der Waals surface area contributed by atoms with Crippen LogP contribution in [0.4, 0.5) is 11.4 Å². The van der Waals surface area contributed by atoms with E-state index in [0.29, 0.717) is 0 Å². The molecule has 21 heavy (non-hydrogen) atoms. The van der Waals surface area contributed by atoms with Gasteiger partial charge in [-0.2, -0.15) is 0 Å². The third-order valence-electron chi connectivity index (χ3n) is 3.27. The molecule has 0 aliphatic carbocycles. The SMILES string of the molecule is CC(=O)Nc1ccc(NCCCCc2ccccc2)cc1. The maximum atomic E-state index is 10.9. The van der Waals surface area contributed by atoms with Crippen LogP contribution in [0.5, 0.6) is 0 Å². The Kier molecular flexibility index (Phi) is 5.83. The highest BCUT2D eigenvalue weighted by atomic mass is 16.1. The molecule has 0 saturated carbocycles. The summed E-state index contributed by atoms with van der Waals surface area (Å²) in [5.41, 5.74) is 3.32. The van der Waals surface area contributed by atoms with Crippen LogP contribution >= 0.6 is 0 Å². The molecule has 3 nitrogen and oxygen atoms in total. The van der Waals surface area contributed by atoms with Gasteiger partial charge >= 0.3 is 0 Å². The molecule has 0 atom stereocenters. The monoisotopic (exact) mass is 282 g/mol. The summed E-state index contributed by atoms with van der Waals surface area (Å²) in [6.45, 7) is 2.48. The number of aryl methyl sites for hydroxylation is 1. The van der Waals surface area contributed by atoms with E-state index >= 15 is 0 Å². The topological polar surface area (TPSA) is 41.1 Å². The second-order valence-corrected chi connectivity index (χ2v) is 5.13. The molecule has 2 aromatic rings. The molecular formula is C18H22N2O. The van der Waals surface area contributed by atoms with E-state index in [4.69, 9.17) is 0 Å². The van der Waals surface area contributed by atoms with E-state index in [1.165, 1.54) is 18.9 Å². The maximum absolute atomic E-state index is 10.9. The molecular weight excluding hydrogens is 260 g/mol. The van der Waals surface area contributed by atoms with Crippen LogP contribution in [-0.2, 0) is 11.2 Å². The van der Waals surface area contributed by atoms with Gasteiger partial charge in [-0.15, -0.1) is 0 Å². The lowest BCUT2D eigenvalue weighted by Gasteiger charge is -2.08. The molecule has 0 radical (unpaired) electrons. The number of carbonyl (C=O) groups excluding carboxylic acids is 1. The predicted octanol–water partition coefficient (Wildman–Crippen LogP) is 4.08. The van der Waals surface area contributed by atoms with Gasteiger partial charge in [-0.1, -0.05) is 30.3 Å². The summed E-state index contributed by atoms with van der Waals surface area (Å²) in [6.07, 6.45) is 3.45. The van der Waals surface area contributed by atoms with Crippen LogP contribution in [0.3, 0.4) is 0 Å². The molecule has 1 amide bonds. The minimum Gasteiger partial charge on any atom is -0.385 e. The van der Waals surface area contributed by atoms with Gasteiger partial charge in [0.05, 0.1) is 0 Å². The van der Waals surface area contributed by atoms with Gasteiger partial charge in [0.25, 0.3) is 0 Å². The number of hydrogen-bond acceptors (Lipinski definition) is 2. The highest BCUT2D eigenvalue weighted by Crippen LogP contribution is 2.13. The van der Waals surface area contributed by atoms with Gasteiger partial charge in [0.2, 0.25) is 5.91 Å². The summed E-state index contributed by atoms with van der Waals surface area (Å²) in [5.74, 6) is -0.0448. The van der Waals surface area contributed by atoms with E-state index in [-0.39, 0.29) is 5.91 Å². The lowest BCUT2D eigenvalue weighted by Crippen LogP contribution is -2.06. The minimum absolute atomic E-state index is 0.0448. The molecule has 110 valence electrons. The fourth-order valence-electron chi connectivity index (χ4n) is 2.21. The van der Waals surface area contributed by atoms with Crippen LogP contribution < -0.4 is 10.6 Å². The van der Waals surface area contributed by atoms with E-state index in [2.05, 4.69) is 41.0 Å². The maximum Gasteiger partial charge on any atom is 0.221 e. The number of carbonyl (C=O) groups is 1. The van der Waals surface area contributed by atoms with Gasteiger partial charge < -0.3 is 10.6 Å². The Hall–Kier alpha value is -2.29. The Labute approximate surface area is 126 Å². The fourth-order valence-corrected chi connectivity index (χ4v) is 2.21. The third kappa shape index (κ3) is 5.69. The van der Waals surface area contributed by atoms with Gasteiger partial charge in [-0.05, 0) is 49.1 Å². The minimum atomic E-state index is -0.0448. The number of benzene rings is 2. The molecule has 0 aliphatic rings. The normalized spacial score (nSPS) is 10.1. The Bertz CT molecular complexity index is 549. The Morgan fingerprint density at radius 2 is 1.57 bits per heavy atom. The van der Waals surface area contributed by atoms with Crippen molar-refractivity contribution >= 4 is 17.3 Å². The second kappa shape index (κ2) is 8.10. The van der Waals surface area contributed by atoms with E-state index in [1.54, 1.807) is 0 Å². The number of unbranched alkanes of at least 4 members (excludes halogenated alkanes) is 1. The number of hydrogen-bond donors (Lipinski definition) is 2. The van der Waals surface area contributed by atoms with E-state index in [1.807, 2.05) is 24.3 Å².